The minimum Gasteiger partial charge on any atom is -0.486 e. The Labute approximate surface area is 160 Å². The average Bonchev–Trinajstić information content (AvgIpc) is 2.72. The number of rotatable bonds is 5. The van der Waals surface area contributed by atoms with E-state index in [1.807, 2.05) is 12.1 Å². The molecule has 0 aromatic heterocycles. The molecule has 2 aromatic carbocycles. The maximum Gasteiger partial charge on any atom is 0.338 e. The van der Waals surface area contributed by atoms with E-state index in [1.54, 1.807) is 19.2 Å². The van der Waals surface area contributed by atoms with Crippen LogP contribution < -0.4 is 9.47 Å². The van der Waals surface area contributed by atoms with Gasteiger partial charge in [-0.15, -0.1) is 0 Å². The molecule has 0 N–H and O–H groups in total. The van der Waals surface area contributed by atoms with Crippen LogP contribution >= 0.6 is 0 Å². The van der Waals surface area contributed by atoms with Crippen molar-refractivity contribution in [2.45, 2.75) is 6.10 Å². The van der Waals surface area contributed by atoms with Gasteiger partial charge in [-0.05, 0) is 18.2 Å². The number of benzene rings is 2. The average molecular weight is 386 g/mol. The van der Waals surface area contributed by atoms with Crippen LogP contribution in [0.4, 0.5) is 5.69 Å². The number of para-hydroxylation sites is 2. The van der Waals surface area contributed by atoms with Crippen molar-refractivity contribution in [2.24, 2.45) is 0 Å². The summed E-state index contributed by atoms with van der Waals surface area (Å²) in [5.41, 5.74) is -0.431. The molecular formula is C19H18N2O7. The maximum absolute atomic E-state index is 12.8. The molecule has 9 heteroatoms. The molecule has 0 spiro atoms. The van der Waals surface area contributed by atoms with Crippen LogP contribution in [0.2, 0.25) is 0 Å². The number of hydrogen-bond acceptors (Lipinski definition) is 7. The minimum atomic E-state index is -0.763. The Morgan fingerprint density at radius 2 is 1.89 bits per heavy atom. The Kier molecular flexibility index (Phi) is 5.44. The molecule has 1 amide bonds. The summed E-state index contributed by atoms with van der Waals surface area (Å²) in [6.07, 6.45) is -0.400. The van der Waals surface area contributed by atoms with E-state index in [0.29, 0.717) is 11.5 Å². The molecule has 0 radical (unpaired) electrons. The smallest absolute Gasteiger partial charge is 0.338 e. The summed E-state index contributed by atoms with van der Waals surface area (Å²) in [5.74, 6) is -0.0330. The van der Waals surface area contributed by atoms with Crippen molar-refractivity contribution in [1.29, 1.82) is 0 Å². The van der Waals surface area contributed by atoms with Gasteiger partial charge in [0, 0.05) is 24.7 Å². The van der Waals surface area contributed by atoms with Gasteiger partial charge in [0.05, 0.1) is 24.1 Å². The number of amides is 1. The first-order chi connectivity index (χ1) is 13.4. The molecule has 0 saturated carbocycles. The van der Waals surface area contributed by atoms with Gasteiger partial charge in [0.1, 0.15) is 6.61 Å². The summed E-state index contributed by atoms with van der Waals surface area (Å²) < 4.78 is 16.1. The third-order valence-electron chi connectivity index (χ3n) is 4.19. The largest absolute Gasteiger partial charge is 0.486 e. The Bertz CT molecular complexity index is 928. The Balaban J connectivity index is 1.77. The van der Waals surface area contributed by atoms with E-state index in [1.165, 1.54) is 11.0 Å². The van der Waals surface area contributed by atoms with Crippen molar-refractivity contribution in [2.75, 3.05) is 27.3 Å². The lowest BCUT2D eigenvalue weighted by Crippen LogP contribution is -2.41. The molecule has 0 aliphatic carbocycles. The van der Waals surface area contributed by atoms with E-state index in [0.717, 1.165) is 19.2 Å². The molecule has 0 bridgehead atoms. The first-order valence-electron chi connectivity index (χ1n) is 8.40. The van der Waals surface area contributed by atoms with E-state index in [-0.39, 0.29) is 30.0 Å². The minimum absolute atomic E-state index is 0.00854. The van der Waals surface area contributed by atoms with Crippen molar-refractivity contribution in [1.82, 2.24) is 4.90 Å². The van der Waals surface area contributed by atoms with Crippen LogP contribution in [-0.2, 0) is 4.74 Å². The molecule has 1 aliphatic heterocycles. The monoisotopic (exact) mass is 386 g/mol. The van der Waals surface area contributed by atoms with E-state index in [2.05, 4.69) is 4.74 Å². The van der Waals surface area contributed by atoms with Crippen LogP contribution in [0.25, 0.3) is 0 Å². The number of nitrogens with zero attached hydrogens (tertiary/aromatic N) is 2. The molecule has 0 fully saturated rings. The van der Waals surface area contributed by atoms with Gasteiger partial charge in [-0.3, -0.25) is 14.9 Å². The van der Waals surface area contributed by atoms with E-state index < -0.39 is 22.9 Å². The summed E-state index contributed by atoms with van der Waals surface area (Å²) in [7, 11) is 2.70. The van der Waals surface area contributed by atoms with Crippen molar-refractivity contribution in [3.05, 3.63) is 63.7 Å². The fraction of sp³-hybridized carbons (Fsp3) is 0.263. The predicted octanol–water partition coefficient (Wildman–Crippen LogP) is 2.29. The Morgan fingerprint density at radius 1 is 1.21 bits per heavy atom. The normalized spacial score (nSPS) is 14.9. The fourth-order valence-corrected chi connectivity index (χ4v) is 2.84. The van der Waals surface area contributed by atoms with Gasteiger partial charge in [-0.25, -0.2) is 4.79 Å². The van der Waals surface area contributed by atoms with Crippen LogP contribution in [-0.4, -0.2) is 55.1 Å². The molecule has 3 rings (SSSR count). The highest BCUT2D eigenvalue weighted by molar-refractivity contribution is 5.98. The van der Waals surface area contributed by atoms with Crippen molar-refractivity contribution in [3.63, 3.8) is 0 Å². The van der Waals surface area contributed by atoms with Crippen LogP contribution in [0.1, 0.15) is 20.7 Å². The number of carbonyl (C=O) groups is 2. The van der Waals surface area contributed by atoms with Gasteiger partial charge in [0.2, 0.25) is 0 Å². The highest BCUT2D eigenvalue weighted by Crippen LogP contribution is 2.31. The van der Waals surface area contributed by atoms with Gasteiger partial charge in [0.15, 0.2) is 17.6 Å². The summed E-state index contributed by atoms with van der Waals surface area (Å²) in [5, 5.41) is 11.1. The Hall–Kier alpha value is -3.62. The second kappa shape index (κ2) is 7.95. The number of likely N-dealkylation sites (N-methyl/N-ethyl adjacent to an activating group) is 1. The summed E-state index contributed by atoms with van der Waals surface area (Å²) in [6.45, 7) is 0.459. The molecule has 28 heavy (non-hydrogen) atoms. The van der Waals surface area contributed by atoms with Crippen LogP contribution in [0.3, 0.4) is 0 Å². The van der Waals surface area contributed by atoms with Gasteiger partial charge in [-0.1, -0.05) is 12.1 Å². The SMILES string of the molecule is COC(=O)c1cc(C(=O)N(C)C[C@H]2COc3ccccc3O2)cc([N+](=O)[O-])c1. The molecule has 9 nitrogen and oxygen atoms in total. The highest BCUT2D eigenvalue weighted by Gasteiger charge is 2.26. The van der Waals surface area contributed by atoms with Crippen LogP contribution in [0.5, 0.6) is 11.5 Å². The highest BCUT2D eigenvalue weighted by atomic mass is 16.6. The summed E-state index contributed by atoms with van der Waals surface area (Å²) in [4.78, 5) is 36.3. The third kappa shape index (κ3) is 4.03. The second-order valence-corrected chi connectivity index (χ2v) is 6.20. The summed E-state index contributed by atoms with van der Waals surface area (Å²) >= 11 is 0. The molecule has 1 atom stereocenters. The number of nitro groups is 1. The number of esters is 1. The molecule has 1 aliphatic rings. The van der Waals surface area contributed by atoms with Crippen molar-refractivity contribution >= 4 is 17.6 Å². The lowest BCUT2D eigenvalue weighted by atomic mass is 10.1. The zero-order chi connectivity index (χ0) is 20.3. The zero-order valence-corrected chi connectivity index (χ0v) is 15.3. The number of hydrogen-bond donors (Lipinski definition) is 0. The van der Waals surface area contributed by atoms with Gasteiger partial charge < -0.3 is 19.1 Å². The number of methoxy groups -OCH3 is 1. The van der Waals surface area contributed by atoms with E-state index >= 15 is 0 Å². The maximum atomic E-state index is 12.8. The summed E-state index contributed by atoms with van der Waals surface area (Å²) in [6, 6.07) is 10.7. The Morgan fingerprint density at radius 3 is 2.57 bits per heavy atom. The first kappa shape index (κ1) is 19.2. The number of nitro benzene ring substituents is 1. The van der Waals surface area contributed by atoms with Gasteiger partial charge in [0.25, 0.3) is 11.6 Å². The van der Waals surface area contributed by atoms with Crippen LogP contribution in [0, 0.1) is 10.1 Å². The molecule has 1 heterocycles. The number of fused-ring (bicyclic) bond motifs is 1. The molecule has 2 aromatic rings. The molecular weight excluding hydrogens is 368 g/mol. The first-order valence-corrected chi connectivity index (χ1v) is 8.40. The van der Waals surface area contributed by atoms with E-state index in [9.17, 15) is 19.7 Å². The predicted molar refractivity (Wildman–Crippen MR) is 97.7 cm³/mol. The molecule has 0 saturated heterocycles. The zero-order valence-electron chi connectivity index (χ0n) is 15.3. The molecule has 0 unspecified atom stereocenters. The number of ether oxygens (including phenoxy) is 3. The van der Waals surface area contributed by atoms with Crippen molar-refractivity contribution in [3.8, 4) is 11.5 Å². The van der Waals surface area contributed by atoms with Gasteiger partial charge >= 0.3 is 5.97 Å². The quantitative estimate of drug-likeness (QED) is 0.441. The second-order valence-electron chi connectivity index (χ2n) is 6.20. The third-order valence-corrected chi connectivity index (χ3v) is 4.19. The molecule has 146 valence electrons. The number of non-ortho nitro benzene ring substituents is 1. The van der Waals surface area contributed by atoms with Crippen molar-refractivity contribution < 1.29 is 28.7 Å². The van der Waals surface area contributed by atoms with Crippen LogP contribution in [0.15, 0.2) is 42.5 Å². The van der Waals surface area contributed by atoms with E-state index in [4.69, 9.17) is 9.47 Å². The topological polar surface area (TPSA) is 108 Å². The number of carbonyl (C=O) groups excluding carboxylic acids is 2. The fourth-order valence-electron chi connectivity index (χ4n) is 2.84. The lowest BCUT2D eigenvalue weighted by molar-refractivity contribution is -0.384. The van der Waals surface area contributed by atoms with Gasteiger partial charge in [-0.2, -0.15) is 0 Å². The standard InChI is InChI=1S/C19H18N2O7/c1-20(10-15-11-27-16-5-3-4-6-17(16)28-15)18(22)12-7-13(19(23)26-2)9-14(8-12)21(24)25/h3-9,15H,10-11H2,1-2H3/t15-/m0/s1. The lowest BCUT2D eigenvalue weighted by Gasteiger charge is -2.29.